The van der Waals surface area contributed by atoms with E-state index in [4.69, 9.17) is 45.0 Å². The van der Waals surface area contributed by atoms with Gasteiger partial charge in [0, 0.05) is 46.0 Å². The van der Waals surface area contributed by atoms with E-state index in [0.717, 1.165) is 174 Å². The van der Waals surface area contributed by atoms with Crippen LogP contribution in [0.3, 0.4) is 0 Å². The molecule has 108 heavy (non-hydrogen) atoms. The predicted molar refractivity (Wildman–Crippen MR) is 457 cm³/mol. The van der Waals surface area contributed by atoms with Crippen molar-refractivity contribution in [3.63, 3.8) is 0 Å². The first-order chi connectivity index (χ1) is 52.8. The third-order valence-electron chi connectivity index (χ3n) is 22.2. The molecule has 2 aliphatic heterocycles. The van der Waals surface area contributed by atoms with Crippen LogP contribution in [0.5, 0.6) is 23.0 Å². The van der Waals surface area contributed by atoms with Gasteiger partial charge in [0.2, 0.25) is 0 Å². The van der Waals surface area contributed by atoms with E-state index in [1.165, 1.54) is 226 Å². The minimum absolute atomic E-state index is 0.188. The number of esters is 2. The molecule has 0 radical (unpaired) electrons. The van der Waals surface area contributed by atoms with Gasteiger partial charge >= 0.3 is 11.9 Å². The molecule has 0 amide bonds. The number of nitrogens with zero attached hydrogens (tertiary/aromatic N) is 2. The number of benzene rings is 2. The molecule has 2 aromatic carbocycles. The Balaban J connectivity index is 1.29. The van der Waals surface area contributed by atoms with Gasteiger partial charge in [-0.3, -0.25) is 9.59 Å². The minimum atomic E-state index is -0.293. The summed E-state index contributed by atoms with van der Waals surface area (Å²) < 4.78 is 37.2. The van der Waals surface area contributed by atoms with Crippen molar-refractivity contribution in [1.82, 2.24) is 19.9 Å². The summed E-state index contributed by atoms with van der Waals surface area (Å²) in [5.41, 5.74) is 17.1. The highest BCUT2D eigenvalue weighted by atomic mass is 16.5. The van der Waals surface area contributed by atoms with Crippen molar-refractivity contribution in [2.24, 2.45) is 0 Å². The zero-order valence-corrected chi connectivity index (χ0v) is 69.2. The standard InChI is InChI=1S/C96H142N4O8/c1-12-16-20-24-28-32-36-40-44-48-62-105-90-58-53-77(66-92(90)107-64-50-46-42-38-34-30-26-22-18-14-3)52-55-79-73(6)82-68-83-74(7)80(56-60-94(101)103-10)87(98-83)71-88-81(57-61-95(102)104-11)75(8)84(99-88)70-89-96(76(9)85(100-89)69-86(79)97-82)72(5)78-54-59-91(106-63-49-45-41-37-33-29-25-21-17-13-2)93(67-78)108-65-51-47-43-39-35-31-27-23-19-15-4/h52-55,58-59,66-71,97,99H,5,12-51,56-57,60-65H2,1-4,6-11H3/b55-52+,82-68?,83-68?,84-70?,85-69?,86-69?,87-71?,88-71?,89-70?. The normalized spacial score (nSPS) is 12.3. The molecule has 0 aliphatic carbocycles. The lowest BCUT2D eigenvalue weighted by Crippen LogP contribution is -2.03. The monoisotopic (exact) mass is 1480 g/mol. The molecular formula is C96H142N4O8. The summed E-state index contributed by atoms with van der Waals surface area (Å²) in [6, 6.07) is 21.2. The van der Waals surface area contributed by atoms with E-state index in [0.29, 0.717) is 39.3 Å². The molecule has 5 aromatic rings. The summed E-state index contributed by atoms with van der Waals surface area (Å²) in [5.74, 6) is 2.49. The van der Waals surface area contributed by atoms with Gasteiger partial charge in [-0.2, -0.15) is 0 Å². The number of allylic oxidation sites excluding steroid dienone is 5. The van der Waals surface area contributed by atoms with Crippen LogP contribution >= 0.6 is 0 Å². The number of aryl methyl sites for hydroxylation is 3. The second-order valence-electron chi connectivity index (χ2n) is 30.9. The van der Waals surface area contributed by atoms with Crippen LogP contribution in [-0.4, -0.2) is 72.5 Å². The summed E-state index contributed by atoms with van der Waals surface area (Å²) in [5, 5.41) is 0. The van der Waals surface area contributed by atoms with Crippen LogP contribution in [0.2, 0.25) is 0 Å². The average molecular weight is 1480 g/mol. The Hall–Kier alpha value is -7.34. The van der Waals surface area contributed by atoms with Gasteiger partial charge in [0.05, 0.1) is 63.4 Å². The number of aromatic amines is 2. The lowest BCUT2D eigenvalue weighted by molar-refractivity contribution is -0.141. The van der Waals surface area contributed by atoms with E-state index < -0.39 is 0 Å². The summed E-state index contributed by atoms with van der Waals surface area (Å²) in [6.07, 6.45) is 56.2. The van der Waals surface area contributed by atoms with Gasteiger partial charge in [-0.15, -0.1) is 0 Å². The molecule has 7 rings (SSSR count). The Kier molecular flexibility index (Phi) is 41.7. The Morgan fingerprint density at radius 2 is 0.750 bits per heavy atom. The molecule has 2 aliphatic rings. The topological polar surface area (TPSA) is 147 Å². The SMILES string of the molecule is C=C(C1=C(C)c2cc3[nH]c(cc4nc(cc5[nH]c(cc1n2)c(C)c5CCC(=O)OC)C(CCC(=O)OC)=C4C)c(C)c3/C=C/c1ccc(OCCCCCCCCCCCC)c(OCCCCCCCCCCCC)c1)c1ccc(OCCCCCCCCCCCC)c(OCCCCCCCCCCCC)c1. The number of fused-ring (bicyclic) bond motifs is 8. The van der Waals surface area contributed by atoms with Crippen molar-refractivity contribution >= 4 is 74.0 Å². The van der Waals surface area contributed by atoms with Gasteiger partial charge in [-0.25, -0.2) is 9.97 Å². The quantitative estimate of drug-likeness (QED) is 0.0285. The summed E-state index contributed by atoms with van der Waals surface area (Å²) in [4.78, 5) is 44.6. The fraction of sp³-hybridized carbons (Fsp3) is 0.604. The molecule has 594 valence electrons. The molecule has 0 unspecified atom stereocenters. The van der Waals surface area contributed by atoms with Crippen molar-refractivity contribution in [2.45, 2.75) is 338 Å². The highest BCUT2D eigenvalue weighted by Gasteiger charge is 2.25. The zero-order chi connectivity index (χ0) is 76.9. The van der Waals surface area contributed by atoms with Gasteiger partial charge < -0.3 is 38.4 Å². The first-order valence-electron chi connectivity index (χ1n) is 43.3. The second kappa shape index (κ2) is 51.2. The van der Waals surface area contributed by atoms with Crippen LogP contribution in [0.4, 0.5) is 0 Å². The van der Waals surface area contributed by atoms with E-state index in [1.54, 1.807) is 0 Å². The molecule has 0 fully saturated rings. The molecule has 0 saturated heterocycles. The lowest BCUT2D eigenvalue weighted by Gasteiger charge is -2.16. The van der Waals surface area contributed by atoms with Gasteiger partial charge in [0.25, 0.3) is 0 Å². The average Bonchev–Trinajstić information content (AvgIpc) is 1.61. The molecule has 0 spiro atoms. The van der Waals surface area contributed by atoms with Gasteiger partial charge in [0.15, 0.2) is 23.0 Å². The summed E-state index contributed by atoms with van der Waals surface area (Å²) >= 11 is 0. The highest BCUT2D eigenvalue weighted by molar-refractivity contribution is 6.15. The van der Waals surface area contributed by atoms with E-state index in [-0.39, 0.29) is 24.8 Å². The number of rotatable bonds is 58. The number of ether oxygens (including phenoxy) is 6. The van der Waals surface area contributed by atoms with Crippen LogP contribution in [0.1, 0.15) is 374 Å². The Labute approximate surface area is 653 Å². The van der Waals surface area contributed by atoms with Crippen molar-refractivity contribution in [1.29, 1.82) is 0 Å². The Morgan fingerprint density at radius 1 is 0.380 bits per heavy atom. The van der Waals surface area contributed by atoms with Crippen molar-refractivity contribution in [3.8, 4) is 23.0 Å². The molecule has 0 atom stereocenters. The predicted octanol–water partition coefficient (Wildman–Crippen LogP) is 27.9. The largest absolute Gasteiger partial charge is 0.490 e. The zero-order valence-electron chi connectivity index (χ0n) is 69.2. The Morgan fingerprint density at radius 3 is 1.22 bits per heavy atom. The lowest BCUT2D eigenvalue weighted by atomic mass is 9.93. The highest BCUT2D eigenvalue weighted by Crippen LogP contribution is 2.43. The van der Waals surface area contributed by atoms with Gasteiger partial charge in [-0.1, -0.05) is 290 Å². The molecule has 8 bridgehead atoms. The number of methoxy groups -OCH3 is 2. The molecule has 5 heterocycles. The fourth-order valence-corrected chi connectivity index (χ4v) is 15.2. The number of hydrogen-bond donors (Lipinski definition) is 2. The number of unbranched alkanes of at least 4 members (excludes halogenated alkanes) is 36. The number of H-pyrrole nitrogens is 2. The van der Waals surface area contributed by atoms with Crippen LogP contribution in [0, 0.1) is 13.8 Å². The third-order valence-corrected chi connectivity index (χ3v) is 22.2. The third kappa shape index (κ3) is 29.8. The maximum atomic E-state index is 13.0. The summed E-state index contributed by atoms with van der Waals surface area (Å²) in [6.45, 7) is 25.1. The fourth-order valence-electron chi connectivity index (χ4n) is 15.2. The molecular weight excluding hydrogens is 1340 g/mol. The summed E-state index contributed by atoms with van der Waals surface area (Å²) in [7, 11) is 2.86. The van der Waals surface area contributed by atoms with E-state index >= 15 is 0 Å². The van der Waals surface area contributed by atoms with E-state index in [1.807, 2.05) is 0 Å². The van der Waals surface area contributed by atoms with E-state index in [2.05, 4.69) is 138 Å². The van der Waals surface area contributed by atoms with Crippen molar-refractivity contribution in [3.05, 3.63) is 123 Å². The number of carbonyl (C=O) groups excluding carboxylic acids is 2. The molecule has 3 aromatic heterocycles. The maximum Gasteiger partial charge on any atom is 0.305 e. The smallest absolute Gasteiger partial charge is 0.305 e. The molecule has 12 heteroatoms. The number of aromatic nitrogens is 4. The molecule has 0 saturated carbocycles. The van der Waals surface area contributed by atoms with E-state index in [9.17, 15) is 9.59 Å². The first kappa shape index (κ1) is 87.9. The van der Waals surface area contributed by atoms with Crippen LogP contribution in [0.15, 0.2) is 67.2 Å². The van der Waals surface area contributed by atoms with Crippen LogP contribution in [0.25, 0.3) is 62.1 Å². The molecule has 2 N–H and O–H groups in total. The van der Waals surface area contributed by atoms with Gasteiger partial charge in [-0.05, 0) is 165 Å². The first-order valence-corrected chi connectivity index (χ1v) is 43.3. The number of carbonyl (C=O) groups is 2. The minimum Gasteiger partial charge on any atom is -0.490 e. The number of hydrogen-bond acceptors (Lipinski definition) is 10. The maximum absolute atomic E-state index is 13.0. The van der Waals surface area contributed by atoms with Crippen LogP contribution < -0.4 is 18.9 Å². The number of nitrogens with one attached hydrogen (secondary N) is 2. The Bertz CT molecular complexity index is 3790. The van der Waals surface area contributed by atoms with Gasteiger partial charge in [0.1, 0.15) is 0 Å². The van der Waals surface area contributed by atoms with Crippen molar-refractivity contribution < 1.29 is 38.0 Å². The van der Waals surface area contributed by atoms with Crippen LogP contribution in [-0.2, 0) is 25.5 Å². The van der Waals surface area contributed by atoms with Crippen molar-refractivity contribution in [2.75, 3.05) is 40.6 Å². The molecule has 12 nitrogen and oxygen atoms in total. The second-order valence-corrected chi connectivity index (χ2v) is 30.9.